The lowest BCUT2D eigenvalue weighted by Crippen LogP contribution is -2.48. The first-order valence-electron chi connectivity index (χ1n) is 9.05. The van der Waals surface area contributed by atoms with Gasteiger partial charge >= 0.3 is 0 Å². The highest BCUT2D eigenvalue weighted by Gasteiger charge is 2.41. The molecule has 0 aliphatic carbocycles. The normalized spacial score (nSPS) is 22.1. The molecule has 0 bridgehead atoms. The SMILES string of the molecule is O=C(CC(=O)N1CCc2ccccc2C1)N1CCC2(CC1)OCCO2. The molecule has 2 fully saturated rings. The molecule has 4 rings (SSSR count). The van der Waals surface area contributed by atoms with Crippen molar-refractivity contribution in [3.63, 3.8) is 0 Å². The number of hydrogen-bond donors (Lipinski definition) is 0. The van der Waals surface area contributed by atoms with E-state index in [1.165, 1.54) is 11.1 Å². The van der Waals surface area contributed by atoms with Gasteiger partial charge in [-0.1, -0.05) is 24.3 Å². The molecule has 0 N–H and O–H groups in total. The Balaban J connectivity index is 1.30. The van der Waals surface area contributed by atoms with Crippen LogP contribution >= 0.6 is 0 Å². The maximum Gasteiger partial charge on any atom is 0.232 e. The molecule has 1 aromatic rings. The Morgan fingerprint density at radius 3 is 2.28 bits per heavy atom. The molecule has 1 spiro atoms. The molecule has 3 heterocycles. The van der Waals surface area contributed by atoms with E-state index in [1.807, 2.05) is 12.1 Å². The summed E-state index contributed by atoms with van der Waals surface area (Å²) in [6.45, 7) is 3.73. The van der Waals surface area contributed by atoms with Crippen LogP contribution in [0.4, 0.5) is 0 Å². The molecule has 0 radical (unpaired) electrons. The van der Waals surface area contributed by atoms with Crippen molar-refractivity contribution < 1.29 is 19.1 Å². The molecule has 3 aliphatic rings. The molecule has 2 amide bonds. The predicted octanol–water partition coefficient (Wildman–Crippen LogP) is 1.33. The minimum absolute atomic E-state index is 0.0448. The molecular weight excluding hydrogens is 320 g/mol. The number of likely N-dealkylation sites (tertiary alicyclic amines) is 1. The van der Waals surface area contributed by atoms with Crippen LogP contribution in [0.1, 0.15) is 30.4 Å². The number of rotatable bonds is 2. The van der Waals surface area contributed by atoms with Gasteiger partial charge in [-0.3, -0.25) is 9.59 Å². The van der Waals surface area contributed by atoms with Gasteiger partial charge in [0.25, 0.3) is 0 Å². The standard InChI is InChI=1S/C19H24N2O4/c22-17(20-9-6-19(7-10-20)24-11-12-25-19)13-18(23)21-8-5-15-3-1-2-4-16(15)14-21/h1-4H,5-14H2. The van der Waals surface area contributed by atoms with E-state index in [4.69, 9.17) is 9.47 Å². The third-order valence-electron chi connectivity index (χ3n) is 5.48. The van der Waals surface area contributed by atoms with Gasteiger partial charge in [-0.25, -0.2) is 0 Å². The zero-order chi connectivity index (χ0) is 17.3. The second-order valence-corrected chi connectivity index (χ2v) is 7.00. The first-order chi connectivity index (χ1) is 12.2. The number of hydrogen-bond acceptors (Lipinski definition) is 4. The number of nitrogens with zero attached hydrogens (tertiary/aromatic N) is 2. The summed E-state index contributed by atoms with van der Waals surface area (Å²) in [6, 6.07) is 8.19. The summed E-state index contributed by atoms with van der Waals surface area (Å²) in [4.78, 5) is 28.6. The number of piperidine rings is 1. The summed E-state index contributed by atoms with van der Waals surface area (Å²) in [7, 11) is 0. The minimum atomic E-state index is -0.489. The van der Waals surface area contributed by atoms with Crippen molar-refractivity contribution in [3.8, 4) is 0 Å². The van der Waals surface area contributed by atoms with Crippen LogP contribution in [-0.4, -0.2) is 60.2 Å². The number of amides is 2. The molecule has 2 saturated heterocycles. The van der Waals surface area contributed by atoms with Crippen molar-refractivity contribution in [1.82, 2.24) is 9.80 Å². The summed E-state index contributed by atoms with van der Waals surface area (Å²) in [5, 5.41) is 0. The molecule has 0 unspecified atom stereocenters. The van der Waals surface area contributed by atoms with Gasteiger partial charge in [0.2, 0.25) is 11.8 Å². The Morgan fingerprint density at radius 1 is 0.920 bits per heavy atom. The molecule has 6 heteroatoms. The fourth-order valence-electron chi connectivity index (χ4n) is 3.94. The van der Waals surface area contributed by atoms with Crippen LogP contribution in [0.25, 0.3) is 0 Å². The van der Waals surface area contributed by atoms with Gasteiger partial charge in [-0.2, -0.15) is 0 Å². The fourth-order valence-corrected chi connectivity index (χ4v) is 3.94. The maximum atomic E-state index is 12.5. The second-order valence-electron chi connectivity index (χ2n) is 7.00. The maximum absolute atomic E-state index is 12.5. The number of carbonyl (C=O) groups excluding carboxylic acids is 2. The van der Waals surface area contributed by atoms with Crippen LogP contribution in [0, 0.1) is 0 Å². The first kappa shape index (κ1) is 16.5. The van der Waals surface area contributed by atoms with E-state index in [-0.39, 0.29) is 18.2 Å². The third-order valence-corrected chi connectivity index (χ3v) is 5.48. The molecular formula is C19H24N2O4. The topological polar surface area (TPSA) is 59.1 Å². The number of benzene rings is 1. The zero-order valence-corrected chi connectivity index (χ0v) is 14.4. The molecule has 0 atom stereocenters. The van der Waals surface area contributed by atoms with Crippen molar-refractivity contribution in [2.24, 2.45) is 0 Å². The van der Waals surface area contributed by atoms with Gasteiger partial charge in [-0.15, -0.1) is 0 Å². The number of ether oxygens (including phenoxy) is 2. The lowest BCUT2D eigenvalue weighted by Gasteiger charge is -2.37. The van der Waals surface area contributed by atoms with Crippen LogP contribution in [0.3, 0.4) is 0 Å². The van der Waals surface area contributed by atoms with Crippen LogP contribution in [0.15, 0.2) is 24.3 Å². The van der Waals surface area contributed by atoms with Gasteiger partial charge in [0.05, 0.1) is 13.2 Å². The average molecular weight is 344 g/mol. The van der Waals surface area contributed by atoms with E-state index in [2.05, 4.69) is 12.1 Å². The lowest BCUT2D eigenvalue weighted by atomic mass is 9.99. The molecule has 6 nitrogen and oxygen atoms in total. The Morgan fingerprint density at radius 2 is 1.56 bits per heavy atom. The quantitative estimate of drug-likeness (QED) is 0.760. The summed E-state index contributed by atoms with van der Waals surface area (Å²) >= 11 is 0. The Bertz CT molecular complexity index is 659. The van der Waals surface area contributed by atoms with E-state index in [1.54, 1.807) is 9.80 Å². The number of carbonyl (C=O) groups is 2. The number of fused-ring (bicyclic) bond motifs is 1. The summed E-state index contributed by atoms with van der Waals surface area (Å²) < 4.78 is 11.4. The van der Waals surface area contributed by atoms with E-state index >= 15 is 0 Å². The van der Waals surface area contributed by atoms with Gasteiger partial charge in [0.15, 0.2) is 5.79 Å². The summed E-state index contributed by atoms with van der Waals surface area (Å²) in [5.41, 5.74) is 2.49. The van der Waals surface area contributed by atoms with Gasteiger partial charge in [0, 0.05) is 39.0 Å². The smallest absolute Gasteiger partial charge is 0.232 e. The second kappa shape index (κ2) is 6.77. The molecule has 1 aromatic carbocycles. The minimum Gasteiger partial charge on any atom is -0.347 e. The fraction of sp³-hybridized carbons (Fsp3) is 0.579. The monoisotopic (exact) mass is 344 g/mol. The van der Waals surface area contributed by atoms with Crippen LogP contribution in [-0.2, 0) is 32.0 Å². The van der Waals surface area contributed by atoms with E-state index in [0.29, 0.717) is 52.2 Å². The highest BCUT2D eigenvalue weighted by atomic mass is 16.7. The van der Waals surface area contributed by atoms with Gasteiger partial charge in [0.1, 0.15) is 6.42 Å². The Kier molecular flexibility index (Phi) is 4.48. The van der Waals surface area contributed by atoms with E-state index in [0.717, 1.165) is 6.42 Å². The third kappa shape index (κ3) is 3.41. The van der Waals surface area contributed by atoms with Crippen molar-refractivity contribution in [2.75, 3.05) is 32.8 Å². The van der Waals surface area contributed by atoms with Crippen molar-refractivity contribution >= 4 is 11.8 Å². The summed E-state index contributed by atoms with van der Waals surface area (Å²) in [5.74, 6) is -0.651. The summed E-state index contributed by atoms with van der Waals surface area (Å²) in [6.07, 6.45) is 2.18. The van der Waals surface area contributed by atoms with Crippen molar-refractivity contribution in [2.45, 2.75) is 38.0 Å². The highest BCUT2D eigenvalue weighted by molar-refractivity contribution is 5.97. The van der Waals surface area contributed by atoms with E-state index in [9.17, 15) is 9.59 Å². The van der Waals surface area contributed by atoms with Gasteiger partial charge < -0.3 is 19.3 Å². The van der Waals surface area contributed by atoms with Crippen LogP contribution < -0.4 is 0 Å². The molecule has 3 aliphatic heterocycles. The van der Waals surface area contributed by atoms with Crippen molar-refractivity contribution in [1.29, 1.82) is 0 Å². The Labute approximate surface area is 147 Å². The highest BCUT2D eigenvalue weighted by Crippen LogP contribution is 2.31. The first-order valence-corrected chi connectivity index (χ1v) is 9.05. The van der Waals surface area contributed by atoms with Crippen LogP contribution in [0.2, 0.25) is 0 Å². The molecule has 134 valence electrons. The van der Waals surface area contributed by atoms with Crippen LogP contribution in [0.5, 0.6) is 0 Å². The molecule has 0 saturated carbocycles. The van der Waals surface area contributed by atoms with E-state index < -0.39 is 5.79 Å². The lowest BCUT2D eigenvalue weighted by molar-refractivity contribution is -0.187. The average Bonchev–Trinajstić information content (AvgIpc) is 3.09. The molecule has 25 heavy (non-hydrogen) atoms. The Hall–Kier alpha value is -1.92. The largest absolute Gasteiger partial charge is 0.347 e. The molecule has 0 aromatic heterocycles. The zero-order valence-electron chi connectivity index (χ0n) is 14.4. The van der Waals surface area contributed by atoms with Gasteiger partial charge in [-0.05, 0) is 17.5 Å². The predicted molar refractivity (Wildman–Crippen MR) is 90.6 cm³/mol. The van der Waals surface area contributed by atoms with Crippen molar-refractivity contribution in [3.05, 3.63) is 35.4 Å².